The lowest BCUT2D eigenvalue weighted by Crippen LogP contribution is -2.45. The van der Waals surface area contributed by atoms with Gasteiger partial charge in [-0.25, -0.2) is 4.68 Å². The van der Waals surface area contributed by atoms with Crippen LogP contribution in [0.3, 0.4) is 0 Å². The first-order valence-electron chi connectivity index (χ1n) is 7.90. The van der Waals surface area contributed by atoms with E-state index in [0.717, 1.165) is 0 Å². The molecule has 2 unspecified atom stereocenters. The number of carbonyl (C=O) groups excluding carboxylic acids is 1. The molecule has 0 bridgehead atoms. The highest BCUT2D eigenvalue weighted by molar-refractivity contribution is 6.42. The third-order valence-corrected chi connectivity index (χ3v) is 5.22. The third kappa shape index (κ3) is 3.65. The zero-order valence-electron chi connectivity index (χ0n) is 13.5. The maximum Gasteiger partial charge on any atom is 0.306 e. The van der Waals surface area contributed by atoms with E-state index in [1.807, 2.05) is 6.92 Å². The van der Waals surface area contributed by atoms with E-state index in [2.05, 4.69) is 5.10 Å². The van der Waals surface area contributed by atoms with Gasteiger partial charge in [0.05, 0.1) is 21.7 Å². The van der Waals surface area contributed by atoms with Crippen molar-refractivity contribution in [2.45, 2.75) is 13.3 Å². The topological polar surface area (TPSA) is 75.4 Å². The van der Waals surface area contributed by atoms with Crippen LogP contribution < -0.4 is 0 Å². The number of hydrogen-bond acceptors (Lipinski definition) is 3. The lowest BCUT2D eigenvalue weighted by Gasteiger charge is -2.34. The van der Waals surface area contributed by atoms with Crippen LogP contribution in [-0.2, 0) is 4.79 Å². The summed E-state index contributed by atoms with van der Waals surface area (Å²) < 4.78 is 1.56. The second-order valence-electron chi connectivity index (χ2n) is 6.21. The first kappa shape index (κ1) is 17.8. The molecule has 0 spiro atoms. The van der Waals surface area contributed by atoms with Crippen LogP contribution in [0.5, 0.6) is 0 Å². The number of likely N-dealkylation sites (tertiary alicyclic amines) is 1. The Hall–Kier alpha value is -2.05. The molecule has 3 rings (SSSR count). The highest BCUT2D eigenvalue weighted by Gasteiger charge is 2.33. The molecule has 2 atom stereocenters. The Bertz CT molecular complexity index is 821. The molecule has 0 saturated carbocycles. The standard InChI is InChI=1S/C17H17Cl2N3O3/c1-10-9-21(6-4-12(10)17(24)25)16(23)15-5-7-22(20-15)11-2-3-13(18)14(19)8-11/h2-3,5,7-8,10,12H,4,6,9H2,1H3,(H,24,25). The zero-order chi connectivity index (χ0) is 18.1. The van der Waals surface area contributed by atoms with E-state index in [9.17, 15) is 14.7 Å². The average molecular weight is 382 g/mol. The molecular weight excluding hydrogens is 365 g/mol. The summed E-state index contributed by atoms with van der Waals surface area (Å²) in [6.45, 7) is 2.68. The number of carboxylic acids is 1. The second kappa shape index (κ2) is 7.06. The van der Waals surface area contributed by atoms with E-state index >= 15 is 0 Å². The monoisotopic (exact) mass is 381 g/mol. The van der Waals surface area contributed by atoms with Gasteiger partial charge in [-0.3, -0.25) is 9.59 Å². The van der Waals surface area contributed by atoms with Crippen molar-refractivity contribution in [3.63, 3.8) is 0 Å². The van der Waals surface area contributed by atoms with Gasteiger partial charge >= 0.3 is 5.97 Å². The molecule has 2 aromatic rings. The van der Waals surface area contributed by atoms with Gasteiger partial charge < -0.3 is 10.0 Å². The molecular formula is C17H17Cl2N3O3. The van der Waals surface area contributed by atoms with Gasteiger partial charge in [-0.15, -0.1) is 0 Å². The summed E-state index contributed by atoms with van der Waals surface area (Å²) in [4.78, 5) is 25.5. The number of amides is 1. The number of carboxylic acid groups (broad SMARTS) is 1. The van der Waals surface area contributed by atoms with E-state index in [0.29, 0.717) is 40.9 Å². The van der Waals surface area contributed by atoms with Crippen molar-refractivity contribution in [3.05, 3.63) is 46.2 Å². The van der Waals surface area contributed by atoms with Crippen LogP contribution >= 0.6 is 23.2 Å². The second-order valence-corrected chi connectivity index (χ2v) is 7.02. The SMILES string of the molecule is CC1CN(C(=O)c2ccn(-c3ccc(Cl)c(Cl)c3)n2)CCC1C(=O)O. The van der Waals surface area contributed by atoms with Crippen LogP contribution in [0.15, 0.2) is 30.5 Å². The van der Waals surface area contributed by atoms with Crippen molar-refractivity contribution >= 4 is 35.1 Å². The van der Waals surface area contributed by atoms with Gasteiger partial charge in [-0.1, -0.05) is 30.1 Å². The van der Waals surface area contributed by atoms with E-state index in [4.69, 9.17) is 23.2 Å². The van der Waals surface area contributed by atoms with Gasteiger partial charge in [0.2, 0.25) is 0 Å². The third-order valence-electron chi connectivity index (χ3n) is 4.49. The summed E-state index contributed by atoms with van der Waals surface area (Å²) in [5.41, 5.74) is 1.01. The number of nitrogens with zero attached hydrogens (tertiary/aromatic N) is 3. The van der Waals surface area contributed by atoms with Gasteiger partial charge in [0.25, 0.3) is 5.91 Å². The fraction of sp³-hybridized carbons (Fsp3) is 0.353. The molecule has 2 heterocycles. The lowest BCUT2D eigenvalue weighted by molar-refractivity contribution is -0.145. The largest absolute Gasteiger partial charge is 0.481 e. The molecule has 6 nitrogen and oxygen atoms in total. The maximum absolute atomic E-state index is 12.6. The molecule has 8 heteroatoms. The van der Waals surface area contributed by atoms with Crippen molar-refractivity contribution in [1.82, 2.24) is 14.7 Å². The highest BCUT2D eigenvalue weighted by Crippen LogP contribution is 2.26. The Morgan fingerprint density at radius 1 is 1.24 bits per heavy atom. The number of aromatic nitrogens is 2. The average Bonchev–Trinajstić information content (AvgIpc) is 3.06. The molecule has 1 fully saturated rings. The fourth-order valence-electron chi connectivity index (χ4n) is 3.07. The number of piperidine rings is 1. The van der Waals surface area contributed by atoms with Gasteiger partial charge in [0.1, 0.15) is 0 Å². The Morgan fingerprint density at radius 2 is 2.00 bits per heavy atom. The first-order chi connectivity index (χ1) is 11.9. The summed E-state index contributed by atoms with van der Waals surface area (Å²) in [7, 11) is 0. The minimum absolute atomic E-state index is 0.0904. The minimum atomic E-state index is -0.802. The van der Waals surface area contributed by atoms with Crippen LogP contribution in [0.2, 0.25) is 10.0 Å². The normalized spacial score (nSPS) is 20.5. The molecule has 132 valence electrons. The number of carbonyl (C=O) groups is 2. The minimum Gasteiger partial charge on any atom is -0.481 e. The van der Waals surface area contributed by atoms with Crippen molar-refractivity contribution in [2.24, 2.45) is 11.8 Å². The highest BCUT2D eigenvalue weighted by atomic mass is 35.5. The summed E-state index contributed by atoms with van der Waals surface area (Å²) >= 11 is 11.9. The number of aliphatic carboxylic acids is 1. The molecule has 1 N–H and O–H groups in total. The molecule has 1 aliphatic rings. The number of hydrogen-bond donors (Lipinski definition) is 1. The Kier molecular flexibility index (Phi) is 5.01. The summed E-state index contributed by atoms with van der Waals surface area (Å²) in [5.74, 6) is -1.50. The van der Waals surface area contributed by atoms with Gasteiger partial charge in [0.15, 0.2) is 5.69 Å². The van der Waals surface area contributed by atoms with Gasteiger partial charge in [-0.05, 0) is 36.6 Å². The number of halogens is 2. The number of rotatable bonds is 3. The summed E-state index contributed by atoms with van der Waals surface area (Å²) in [5, 5.41) is 14.4. The predicted octanol–water partition coefficient (Wildman–Crippen LogP) is 3.36. The zero-order valence-corrected chi connectivity index (χ0v) is 15.0. The van der Waals surface area contributed by atoms with Crippen molar-refractivity contribution in [3.8, 4) is 5.69 Å². The fourth-order valence-corrected chi connectivity index (χ4v) is 3.36. The maximum atomic E-state index is 12.6. The Labute approximate surface area is 154 Å². The summed E-state index contributed by atoms with van der Waals surface area (Å²) in [6.07, 6.45) is 2.13. The predicted molar refractivity (Wildman–Crippen MR) is 94.4 cm³/mol. The molecule has 25 heavy (non-hydrogen) atoms. The molecule has 1 aromatic heterocycles. The van der Waals surface area contributed by atoms with Crippen LogP contribution in [0, 0.1) is 11.8 Å². The quantitative estimate of drug-likeness (QED) is 0.883. The van der Waals surface area contributed by atoms with Crippen LogP contribution in [-0.4, -0.2) is 44.8 Å². The van der Waals surface area contributed by atoms with Crippen LogP contribution in [0.25, 0.3) is 5.69 Å². The van der Waals surface area contributed by atoms with Crippen molar-refractivity contribution in [2.75, 3.05) is 13.1 Å². The molecule has 1 aliphatic heterocycles. The van der Waals surface area contributed by atoms with Gasteiger partial charge in [0, 0.05) is 19.3 Å². The summed E-state index contributed by atoms with van der Waals surface area (Å²) in [6, 6.07) is 6.74. The Balaban J connectivity index is 1.75. The van der Waals surface area contributed by atoms with Crippen LogP contribution in [0.4, 0.5) is 0 Å². The molecule has 0 aliphatic carbocycles. The molecule has 1 aromatic carbocycles. The van der Waals surface area contributed by atoms with E-state index in [1.54, 1.807) is 40.0 Å². The van der Waals surface area contributed by atoms with E-state index < -0.39 is 11.9 Å². The van der Waals surface area contributed by atoms with Crippen molar-refractivity contribution < 1.29 is 14.7 Å². The van der Waals surface area contributed by atoms with E-state index in [1.165, 1.54) is 0 Å². The Morgan fingerprint density at radius 3 is 2.64 bits per heavy atom. The molecule has 0 radical (unpaired) electrons. The smallest absolute Gasteiger partial charge is 0.306 e. The molecule has 1 amide bonds. The molecule has 1 saturated heterocycles. The number of benzene rings is 1. The van der Waals surface area contributed by atoms with Crippen molar-refractivity contribution in [1.29, 1.82) is 0 Å². The lowest BCUT2D eigenvalue weighted by atomic mass is 9.87. The van der Waals surface area contributed by atoms with E-state index in [-0.39, 0.29) is 11.8 Å². The first-order valence-corrected chi connectivity index (χ1v) is 8.65. The van der Waals surface area contributed by atoms with Crippen LogP contribution in [0.1, 0.15) is 23.8 Å². The van der Waals surface area contributed by atoms with Gasteiger partial charge in [-0.2, -0.15) is 5.10 Å².